The highest BCUT2D eigenvalue weighted by atomic mass is 35.5. The van der Waals surface area contributed by atoms with Gasteiger partial charge in [-0.05, 0) is 31.2 Å². The zero-order valence-electron chi connectivity index (χ0n) is 13.5. The normalized spacial score (nSPS) is 14.4. The molecule has 1 rings (SSSR count). The van der Waals surface area contributed by atoms with Gasteiger partial charge in [0.1, 0.15) is 5.78 Å². The molecule has 0 radical (unpaired) electrons. The van der Waals surface area contributed by atoms with Gasteiger partial charge in [0.25, 0.3) is 0 Å². The summed E-state index contributed by atoms with van der Waals surface area (Å²) in [4.78, 5) is 21.9. The maximum absolute atomic E-state index is 11.8. The minimum Gasteiger partial charge on any atom is -0.322 e. The molecule has 0 saturated heterocycles. The summed E-state index contributed by atoms with van der Waals surface area (Å²) in [5.74, 6) is 3.53. The molecule has 0 fully saturated rings. The van der Waals surface area contributed by atoms with Gasteiger partial charge in [-0.3, -0.25) is 14.3 Å². The van der Waals surface area contributed by atoms with Crippen molar-refractivity contribution in [2.75, 3.05) is 6.54 Å². The summed E-state index contributed by atoms with van der Waals surface area (Å²) < 4.78 is 14.6. The largest absolute Gasteiger partial charge is 0.322 e. The Bertz CT molecular complexity index is 627. The average molecular weight is 382 g/mol. The number of hydrogen-bond acceptors (Lipinski definition) is 6. The van der Waals surface area contributed by atoms with Crippen molar-refractivity contribution >= 4 is 50.2 Å². The maximum atomic E-state index is 11.8. The first-order valence-corrected chi connectivity index (χ1v) is 9.86. The van der Waals surface area contributed by atoms with E-state index in [0.29, 0.717) is 15.1 Å². The van der Waals surface area contributed by atoms with E-state index in [1.165, 1.54) is 24.3 Å². The second-order valence-corrected chi connectivity index (χ2v) is 8.91. The smallest absolute Gasteiger partial charge is 0.245 e. The van der Waals surface area contributed by atoms with Crippen LogP contribution < -0.4 is 16.2 Å². The third-order valence-corrected chi connectivity index (χ3v) is 5.43. The molecule has 2 atom stereocenters. The number of nitrogens with two attached hydrogens (primary N) is 2. The average Bonchev–Trinajstić information content (AvgIpc) is 2.85. The van der Waals surface area contributed by atoms with E-state index in [1.807, 2.05) is 0 Å². The summed E-state index contributed by atoms with van der Waals surface area (Å²) in [6.45, 7) is 5.43. The van der Waals surface area contributed by atoms with Crippen molar-refractivity contribution in [2.45, 2.75) is 38.1 Å². The van der Waals surface area contributed by atoms with E-state index in [-0.39, 0.29) is 18.4 Å². The van der Waals surface area contributed by atoms with Crippen molar-refractivity contribution in [3.05, 3.63) is 15.8 Å². The van der Waals surface area contributed by atoms with Gasteiger partial charge in [-0.25, -0.2) is 4.21 Å². The lowest BCUT2D eigenvalue weighted by Gasteiger charge is -2.08. The number of amides is 1. The Hall–Kier alpha value is -0.930. The molecular weight excluding hydrogens is 358 g/mol. The number of Topliss-reactive ketones (excluding diaryl/α,β-unsaturated/α-hetero) is 1. The molecule has 0 aliphatic carbocycles. The number of carbonyl (C=O) groups excluding carboxylic acids is 2. The molecule has 1 aromatic heterocycles. The fourth-order valence-electron chi connectivity index (χ4n) is 1.43. The van der Waals surface area contributed by atoms with Crippen LogP contribution in [-0.4, -0.2) is 34.4 Å². The third kappa shape index (κ3) is 9.07. The third-order valence-electron chi connectivity index (χ3n) is 2.64. The zero-order valence-corrected chi connectivity index (χ0v) is 15.9. The van der Waals surface area contributed by atoms with E-state index in [9.17, 15) is 13.8 Å². The van der Waals surface area contributed by atoms with Crippen molar-refractivity contribution in [1.82, 2.24) is 4.72 Å². The molecule has 0 aliphatic heterocycles. The van der Waals surface area contributed by atoms with E-state index in [4.69, 9.17) is 23.1 Å². The van der Waals surface area contributed by atoms with Crippen LogP contribution in [0.4, 0.5) is 0 Å². The van der Waals surface area contributed by atoms with Crippen LogP contribution in [0.15, 0.2) is 16.3 Å². The highest BCUT2D eigenvalue weighted by Gasteiger charge is 2.12. The van der Waals surface area contributed by atoms with Gasteiger partial charge in [-0.15, -0.1) is 11.3 Å². The van der Waals surface area contributed by atoms with Gasteiger partial charge in [-0.2, -0.15) is 0 Å². The summed E-state index contributed by atoms with van der Waals surface area (Å²) >= 11 is 6.89. The van der Waals surface area contributed by atoms with E-state index in [0.717, 1.165) is 6.42 Å². The Morgan fingerprint density at radius 2 is 2.04 bits per heavy atom. The molecule has 2 unspecified atom stereocenters. The van der Waals surface area contributed by atoms with Gasteiger partial charge in [0, 0.05) is 5.38 Å². The Morgan fingerprint density at radius 3 is 2.35 bits per heavy atom. The van der Waals surface area contributed by atoms with Gasteiger partial charge in [0.05, 0.1) is 31.5 Å². The molecule has 0 aliphatic rings. The van der Waals surface area contributed by atoms with Gasteiger partial charge >= 0.3 is 0 Å². The summed E-state index contributed by atoms with van der Waals surface area (Å²) in [5, 5.41) is 1.59. The molecule has 0 bridgehead atoms. The molecule has 1 heterocycles. The molecule has 1 aromatic rings. The van der Waals surface area contributed by atoms with Crippen LogP contribution >= 0.6 is 22.9 Å². The molecule has 5 N–H and O–H groups in total. The van der Waals surface area contributed by atoms with Gasteiger partial charge in [-0.1, -0.05) is 25.4 Å². The van der Waals surface area contributed by atoms with Crippen molar-refractivity contribution in [3.8, 4) is 0 Å². The summed E-state index contributed by atoms with van der Waals surface area (Å²) in [6, 6.07) is 1.27. The Kier molecular flexibility index (Phi) is 9.64. The van der Waals surface area contributed by atoms with E-state index >= 15 is 0 Å². The first-order chi connectivity index (χ1) is 10.5. The number of hydrogen-bond donors (Lipinski definition) is 3. The van der Waals surface area contributed by atoms with Crippen molar-refractivity contribution in [1.29, 1.82) is 0 Å². The predicted octanol–water partition coefficient (Wildman–Crippen LogP) is 1.42. The van der Waals surface area contributed by atoms with Crippen LogP contribution in [0.2, 0.25) is 4.34 Å². The maximum Gasteiger partial charge on any atom is 0.245 e. The molecule has 0 spiro atoms. The highest BCUT2D eigenvalue weighted by Crippen LogP contribution is 2.23. The summed E-state index contributed by atoms with van der Waals surface area (Å²) in [6.07, 6.45) is 0.801. The molecule has 0 saturated carbocycles. The van der Waals surface area contributed by atoms with Gasteiger partial charge in [0.15, 0.2) is 0 Å². The number of ketones is 1. The van der Waals surface area contributed by atoms with E-state index in [2.05, 4.69) is 24.4 Å². The lowest BCUT2D eigenvalue weighted by atomic mass is 10.0. The Morgan fingerprint density at radius 1 is 1.48 bits per heavy atom. The standard InChI is InChI=1S/C7H9ClN2O2S2.C7H15NO/c1-14(12,10-7(11)3-9)5-2-6(8)13-4-5;1-5(2)4-7(8)6(3)9/h2,4H,1,3,9H2,(H,10,11,12);5,7H,4,8H2,1-3H3. The minimum absolute atomic E-state index is 0.0868. The monoisotopic (exact) mass is 381 g/mol. The van der Waals surface area contributed by atoms with Crippen LogP contribution in [-0.2, 0) is 19.3 Å². The molecule has 0 aromatic carbocycles. The summed E-state index contributed by atoms with van der Waals surface area (Å²) in [7, 11) is -2.80. The van der Waals surface area contributed by atoms with Crippen LogP contribution in [0.25, 0.3) is 0 Å². The fraction of sp³-hybridized carbons (Fsp3) is 0.500. The highest BCUT2D eigenvalue weighted by molar-refractivity contribution is 7.99. The molecule has 1 amide bonds. The number of nitrogens with one attached hydrogen (secondary N) is 1. The van der Waals surface area contributed by atoms with Crippen LogP contribution in [0, 0.1) is 5.92 Å². The van der Waals surface area contributed by atoms with E-state index < -0.39 is 15.6 Å². The lowest BCUT2D eigenvalue weighted by Crippen LogP contribution is -2.35. The minimum atomic E-state index is -2.80. The van der Waals surface area contributed by atoms with Crippen LogP contribution in [0.1, 0.15) is 27.2 Å². The second kappa shape index (κ2) is 10.0. The number of halogens is 1. The van der Waals surface area contributed by atoms with Gasteiger partial charge in [0.2, 0.25) is 5.91 Å². The predicted molar refractivity (Wildman–Crippen MR) is 98.2 cm³/mol. The molecule has 23 heavy (non-hydrogen) atoms. The number of rotatable bonds is 6. The van der Waals surface area contributed by atoms with Crippen molar-refractivity contribution < 1.29 is 13.8 Å². The Balaban J connectivity index is 0.000000468. The molecule has 132 valence electrons. The molecule has 6 nitrogen and oxygen atoms in total. The van der Waals surface area contributed by atoms with Crippen molar-refractivity contribution in [3.63, 3.8) is 0 Å². The Labute approximate surface area is 146 Å². The van der Waals surface area contributed by atoms with Crippen LogP contribution in [0.3, 0.4) is 0 Å². The number of thiophene rings is 1. The van der Waals surface area contributed by atoms with Crippen LogP contribution in [0.5, 0.6) is 0 Å². The summed E-state index contributed by atoms with van der Waals surface area (Å²) in [5.41, 5.74) is 10.5. The second-order valence-electron chi connectivity index (χ2n) is 5.34. The van der Waals surface area contributed by atoms with Crippen molar-refractivity contribution in [2.24, 2.45) is 17.4 Å². The zero-order chi connectivity index (χ0) is 18.2. The SMILES string of the molecule is C=S(=O)(NC(=O)CN)c1csc(Cl)c1.CC(=O)C(N)CC(C)C. The fourth-order valence-corrected chi connectivity index (χ4v) is 3.95. The molecule has 9 heteroatoms. The molecular formula is C14H24ClN3O3S2. The van der Waals surface area contributed by atoms with E-state index in [1.54, 1.807) is 5.38 Å². The topological polar surface area (TPSA) is 115 Å². The lowest BCUT2D eigenvalue weighted by molar-refractivity contribution is -0.119. The first kappa shape index (κ1) is 22.1. The van der Waals surface area contributed by atoms with Gasteiger partial charge < -0.3 is 11.5 Å². The quantitative estimate of drug-likeness (QED) is 0.644. The first-order valence-electron chi connectivity index (χ1n) is 6.87. The number of carbonyl (C=O) groups is 2.